The summed E-state index contributed by atoms with van der Waals surface area (Å²) in [5.41, 5.74) is 0.884. The molecule has 0 aromatic rings. The number of allylic oxidation sites excluding steroid dienone is 1. The molecule has 0 unspecified atom stereocenters. The van der Waals surface area contributed by atoms with Gasteiger partial charge in [0.1, 0.15) is 0 Å². The lowest BCUT2D eigenvalue weighted by atomic mass is 10.6. The highest BCUT2D eigenvalue weighted by Crippen LogP contribution is 1.71. The minimum absolute atomic E-state index is 0.884. The molecule has 0 fully saturated rings. The van der Waals surface area contributed by atoms with Crippen LogP contribution in [-0.2, 0) is 0 Å². The fourth-order valence-electron chi connectivity index (χ4n) is 0.169. The molecule has 0 saturated carbocycles. The van der Waals surface area contributed by atoms with Crippen LogP contribution in [0.3, 0.4) is 0 Å². The first-order valence-electron chi connectivity index (χ1n) is 2.10. The van der Waals surface area contributed by atoms with E-state index in [1.165, 1.54) is 0 Å². The molecule has 0 aliphatic heterocycles. The molecule has 0 rings (SSSR count). The van der Waals surface area contributed by atoms with E-state index in [2.05, 4.69) is 23.9 Å². The van der Waals surface area contributed by atoms with Crippen molar-refractivity contribution in [2.45, 2.75) is 13.8 Å². The molecule has 7 heavy (non-hydrogen) atoms. The van der Waals surface area contributed by atoms with Crippen molar-refractivity contribution in [3.8, 4) is 12.0 Å². The third-order valence-corrected chi connectivity index (χ3v) is 0.401. The van der Waals surface area contributed by atoms with Gasteiger partial charge in [-0.2, -0.15) is 0 Å². The lowest BCUT2D eigenvalue weighted by molar-refractivity contribution is 1.11. The molecule has 0 saturated heterocycles. The third kappa shape index (κ3) is 5.10. The number of nitrogens with one attached hydrogen (secondary N) is 1. The van der Waals surface area contributed by atoms with Gasteiger partial charge in [-0.1, -0.05) is 12.5 Å². The number of rotatable bonds is 1. The smallest absolute Gasteiger partial charge is 0.0127 e. The van der Waals surface area contributed by atoms with Crippen molar-refractivity contribution < 1.29 is 0 Å². The van der Waals surface area contributed by atoms with Crippen LogP contribution in [0.4, 0.5) is 0 Å². The summed E-state index contributed by atoms with van der Waals surface area (Å²) in [5, 5.41) is 2.74. The highest BCUT2D eigenvalue weighted by Gasteiger charge is 1.68. The highest BCUT2D eigenvalue weighted by molar-refractivity contribution is 5.01. The van der Waals surface area contributed by atoms with Crippen LogP contribution in [0.1, 0.15) is 13.8 Å². The first kappa shape index (κ1) is 6.10. The Balaban J connectivity index is 3.26. The fraction of sp³-hybridized carbons (Fsp3) is 0.333. The Morgan fingerprint density at radius 1 is 1.71 bits per heavy atom. The maximum Gasteiger partial charge on any atom is 0.0127 e. The molecule has 38 valence electrons. The fourth-order valence-corrected chi connectivity index (χ4v) is 0.169. The molecule has 0 aromatic carbocycles. The molecule has 0 spiro atoms. The summed E-state index contributed by atoms with van der Waals surface area (Å²) in [4.78, 5) is 0. The van der Waals surface area contributed by atoms with Gasteiger partial charge in [0.25, 0.3) is 0 Å². The second-order valence-electron chi connectivity index (χ2n) is 1.28. The van der Waals surface area contributed by atoms with E-state index in [1.807, 2.05) is 6.92 Å². The van der Waals surface area contributed by atoms with Crippen molar-refractivity contribution in [1.82, 2.24) is 5.32 Å². The molecule has 0 atom stereocenters. The molecular weight excluding hydrogens is 86.1 g/mol. The van der Waals surface area contributed by atoms with E-state index in [4.69, 9.17) is 0 Å². The van der Waals surface area contributed by atoms with Crippen LogP contribution in [0.5, 0.6) is 0 Å². The first-order chi connectivity index (χ1) is 3.27. The quantitative estimate of drug-likeness (QED) is 0.379. The Hall–Kier alpha value is -0.900. The average molecular weight is 95.1 g/mol. The molecule has 0 aromatic heterocycles. The second-order valence-corrected chi connectivity index (χ2v) is 1.28. The molecule has 0 bridgehead atoms. The Morgan fingerprint density at radius 2 is 2.29 bits per heavy atom. The van der Waals surface area contributed by atoms with E-state index in [1.54, 1.807) is 6.92 Å². The Labute approximate surface area is 44.4 Å². The maximum atomic E-state index is 3.58. The number of hydrogen-bond donors (Lipinski definition) is 1. The van der Waals surface area contributed by atoms with Crippen molar-refractivity contribution in [2.24, 2.45) is 0 Å². The van der Waals surface area contributed by atoms with Crippen LogP contribution in [0.15, 0.2) is 12.3 Å². The van der Waals surface area contributed by atoms with Crippen LogP contribution < -0.4 is 5.32 Å². The van der Waals surface area contributed by atoms with Crippen molar-refractivity contribution in [3.63, 3.8) is 0 Å². The van der Waals surface area contributed by atoms with Crippen molar-refractivity contribution >= 4 is 0 Å². The zero-order chi connectivity index (χ0) is 5.70. The van der Waals surface area contributed by atoms with E-state index in [-0.39, 0.29) is 0 Å². The van der Waals surface area contributed by atoms with Crippen LogP contribution >= 0.6 is 0 Å². The van der Waals surface area contributed by atoms with E-state index in [0.717, 1.165) is 5.70 Å². The van der Waals surface area contributed by atoms with Gasteiger partial charge in [-0.05, 0) is 13.8 Å². The Morgan fingerprint density at radius 3 is 2.43 bits per heavy atom. The minimum Gasteiger partial charge on any atom is -0.320 e. The molecule has 1 N–H and O–H groups in total. The zero-order valence-electron chi connectivity index (χ0n) is 4.71. The predicted octanol–water partition coefficient (Wildman–Crippen LogP) is 1.09. The van der Waals surface area contributed by atoms with Crippen LogP contribution in [0.2, 0.25) is 0 Å². The van der Waals surface area contributed by atoms with Gasteiger partial charge in [0.2, 0.25) is 0 Å². The van der Waals surface area contributed by atoms with Gasteiger partial charge in [-0.15, -0.1) is 0 Å². The monoisotopic (exact) mass is 95.1 g/mol. The van der Waals surface area contributed by atoms with Gasteiger partial charge in [0, 0.05) is 11.7 Å². The normalized spacial score (nSPS) is 6.00. The molecule has 1 heteroatoms. The van der Waals surface area contributed by atoms with Gasteiger partial charge < -0.3 is 5.32 Å². The zero-order valence-corrected chi connectivity index (χ0v) is 4.71. The summed E-state index contributed by atoms with van der Waals surface area (Å²) in [7, 11) is 0. The van der Waals surface area contributed by atoms with Crippen molar-refractivity contribution in [1.29, 1.82) is 0 Å². The van der Waals surface area contributed by atoms with E-state index < -0.39 is 0 Å². The summed E-state index contributed by atoms with van der Waals surface area (Å²) in [5.74, 6) is 2.68. The predicted molar refractivity (Wildman–Crippen MR) is 31.4 cm³/mol. The minimum atomic E-state index is 0.884. The molecule has 0 aliphatic rings. The molecule has 0 aliphatic carbocycles. The largest absolute Gasteiger partial charge is 0.320 e. The topological polar surface area (TPSA) is 12.0 Å². The molecule has 1 nitrogen and oxygen atoms in total. The van der Waals surface area contributed by atoms with Crippen LogP contribution in [0, 0.1) is 12.0 Å². The first-order valence-corrected chi connectivity index (χ1v) is 2.10. The van der Waals surface area contributed by atoms with Crippen LogP contribution in [0.25, 0.3) is 0 Å². The van der Waals surface area contributed by atoms with Gasteiger partial charge in [-0.3, -0.25) is 0 Å². The summed E-state index contributed by atoms with van der Waals surface area (Å²) >= 11 is 0. The lowest BCUT2D eigenvalue weighted by Crippen LogP contribution is -1.98. The summed E-state index contributed by atoms with van der Waals surface area (Å²) in [6.45, 7) is 7.22. The van der Waals surface area contributed by atoms with Crippen molar-refractivity contribution in [3.05, 3.63) is 12.3 Å². The van der Waals surface area contributed by atoms with Crippen LogP contribution in [-0.4, -0.2) is 0 Å². The van der Waals surface area contributed by atoms with E-state index in [9.17, 15) is 0 Å². The SMILES string of the molecule is C=C(C)NC#CC. The number of hydrogen-bond acceptors (Lipinski definition) is 1. The van der Waals surface area contributed by atoms with Gasteiger partial charge in [0.15, 0.2) is 0 Å². The maximum absolute atomic E-state index is 3.58. The van der Waals surface area contributed by atoms with Crippen molar-refractivity contribution in [2.75, 3.05) is 0 Å². The van der Waals surface area contributed by atoms with E-state index in [0.29, 0.717) is 0 Å². The third-order valence-electron chi connectivity index (χ3n) is 0.401. The molecular formula is C6H9N. The summed E-state index contributed by atoms with van der Waals surface area (Å²) in [6, 6.07) is 2.65. The average Bonchev–Trinajstić information content (AvgIpc) is 1.61. The van der Waals surface area contributed by atoms with Gasteiger partial charge in [0.05, 0.1) is 0 Å². The standard InChI is InChI=1S/C6H9N/c1-4-5-7-6(2)3/h7H,2H2,1,3H3. The molecule has 0 amide bonds. The molecule has 0 heterocycles. The Bertz CT molecular complexity index is 114. The van der Waals surface area contributed by atoms with Gasteiger partial charge >= 0.3 is 0 Å². The molecule has 0 radical (unpaired) electrons. The summed E-state index contributed by atoms with van der Waals surface area (Å²) < 4.78 is 0. The lowest BCUT2D eigenvalue weighted by Gasteiger charge is -1.87. The van der Waals surface area contributed by atoms with Gasteiger partial charge in [-0.25, -0.2) is 0 Å². The Kier molecular flexibility index (Phi) is 2.87. The highest BCUT2D eigenvalue weighted by atomic mass is 14.8. The van der Waals surface area contributed by atoms with E-state index >= 15 is 0 Å². The second kappa shape index (κ2) is 3.30. The summed E-state index contributed by atoms with van der Waals surface area (Å²) in [6.07, 6.45) is 0.